The highest BCUT2D eigenvalue weighted by atomic mass is 35.9. The minimum absolute atomic E-state index is 0.442. The van der Waals surface area contributed by atoms with Gasteiger partial charge in [-0.25, -0.2) is 9.60 Å². The molecule has 1 N–H and O–H groups in total. The van der Waals surface area contributed by atoms with Gasteiger partial charge in [-0.3, -0.25) is 0 Å². The van der Waals surface area contributed by atoms with Crippen molar-refractivity contribution in [3.8, 4) is 0 Å². The first-order chi connectivity index (χ1) is 16.4. The molecule has 0 radical (unpaired) electrons. The highest BCUT2D eigenvalue weighted by Gasteiger charge is 2.39. The summed E-state index contributed by atoms with van der Waals surface area (Å²) in [4.78, 5) is 0. The first kappa shape index (κ1) is 27.7. The third-order valence-electron chi connectivity index (χ3n) is 4.81. The Morgan fingerprint density at radius 1 is 0.629 bits per heavy atom. The predicted octanol–water partition coefficient (Wildman–Crippen LogP) is 10.4. The summed E-state index contributed by atoms with van der Waals surface area (Å²) in [5.74, 6) is -6.46. The maximum atomic E-state index is 6.62. The van der Waals surface area contributed by atoms with Crippen molar-refractivity contribution in [1.82, 2.24) is 5.09 Å². The van der Waals surface area contributed by atoms with Crippen LogP contribution in [0.2, 0.25) is 0 Å². The first-order valence-corrected chi connectivity index (χ1v) is 21.1. The van der Waals surface area contributed by atoms with Gasteiger partial charge in [0.25, 0.3) is 19.3 Å². The normalized spacial score (nSPS) is 21.2. The lowest BCUT2D eigenvalue weighted by molar-refractivity contribution is 0.526. The molecule has 35 heavy (non-hydrogen) atoms. The Balaban J connectivity index is 2.27. The molecule has 4 rings (SSSR count). The second-order valence-corrected chi connectivity index (χ2v) is 24.4. The van der Waals surface area contributed by atoms with Crippen LogP contribution in [0.1, 0.15) is 20.8 Å². The largest absolute Gasteiger partial charge is 0.262 e. The lowest BCUT2D eigenvalue weighted by Crippen LogP contribution is -2.33. The highest BCUT2D eigenvalue weighted by Crippen LogP contribution is 2.86. The molecule has 0 amide bonds. The van der Waals surface area contributed by atoms with Crippen LogP contribution in [0.3, 0.4) is 0 Å². The number of hydrogen-bond acceptors (Lipinski definition) is 5. The van der Waals surface area contributed by atoms with Crippen LogP contribution in [-0.4, -0.2) is 5.54 Å². The maximum absolute atomic E-state index is 6.62. The third kappa shape index (κ3) is 6.59. The van der Waals surface area contributed by atoms with Gasteiger partial charge in [-0.05, 0) is 65.7 Å². The van der Waals surface area contributed by atoms with Crippen LogP contribution >= 0.6 is 71.3 Å². The van der Waals surface area contributed by atoms with Gasteiger partial charge in [-0.1, -0.05) is 91.0 Å². The smallest absolute Gasteiger partial charge is 0.242 e. The molecule has 1 aliphatic heterocycles. The molecule has 0 aliphatic carbocycles. The second kappa shape index (κ2) is 10.5. The minimum atomic E-state index is -3.23. The summed E-state index contributed by atoms with van der Waals surface area (Å²) in [5, 5.41) is 6.67. The minimum Gasteiger partial charge on any atom is -0.242 e. The Hall–Kier alpha value is -0.300. The van der Waals surface area contributed by atoms with Gasteiger partial charge in [0.05, 0.1) is 7.05 Å². The fraction of sp³-hybridized carbons (Fsp3) is 0.182. The van der Waals surface area contributed by atoms with Crippen molar-refractivity contribution < 1.29 is 0 Å². The van der Waals surface area contributed by atoms with Crippen LogP contribution in [0.25, 0.3) is 0 Å². The lowest BCUT2D eigenvalue weighted by Gasteiger charge is -2.35. The van der Waals surface area contributed by atoms with Gasteiger partial charge in [-0.2, -0.15) is 13.5 Å². The average molecular weight is 625 g/mol. The van der Waals surface area contributed by atoms with Gasteiger partial charge in [0.15, 0.2) is 0 Å². The number of rotatable bonds is 5. The molecule has 5 nitrogen and oxygen atoms in total. The molecule has 0 bridgehead atoms. The maximum Gasteiger partial charge on any atom is 0.262 e. The molecule has 0 saturated heterocycles. The Morgan fingerprint density at radius 2 is 1.00 bits per heavy atom. The lowest BCUT2D eigenvalue weighted by atomic mass is 10.1. The molecule has 0 aromatic heterocycles. The summed E-state index contributed by atoms with van der Waals surface area (Å²) >= 11 is 26.5. The second-order valence-electron chi connectivity index (χ2n) is 8.84. The first-order valence-electron chi connectivity index (χ1n) is 10.7. The van der Waals surface area contributed by atoms with Crippen LogP contribution < -0.4 is 21.0 Å². The van der Waals surface area contributed by atoms with Crippen LogP contribution in [0.15, 0.2) is 109 Å². The monoisotopic (exact) mass is 623 g/mol. The van der Waals surface area contributed by atoms with E-state index in [1.54, 1.807) is 0 Å². The van der Waals surface area contributed by atoms with Gasteiger partial charge in [-0.15, -0.1) is 0 Å². The van der Waals surface area contributed by atoms with Crippen molar-refractivity contribution in [1.29, 1.82) is 0 Å². The molecule has 0 spiro atoms. The van der Waals surface area contributed by atoms with Crippen molar-refractivity contribution in [2.75, 3.05) is 0 Å². The molecule has 186 valence electrons. The van der Waals surface area contributed by atoms with Crippen molar-refractivity contribution in [3.05, 3.63) is 91.0 Å². The van der Waals surface area contributed by atoms with E-state index in [2.05, 4.69) is 46.0 Å². The van der Waals surface area contributed by atoms with Crippen molar-refractivity contribution in [3.63, 3.8) is 0 Å². The molecule has 1 unspecified atom stereocenters. The van der Waals surface area contributed by atoms with Crippen molar-refractivity contribution in [2.24, 2.45) is 18.1 Å². The summed E-state index contributed by atoms with van der Waals surface area (Å²) in [7, 11) is -5.92. The standard InChI is InChI=1S/C22H25Cl4N5P4/c1-22(2,3)27-35(30-33(23,24)29-34(25,26)31-35)28-32(19-13-7-4-8-14-19,20-15-9-5-10-16-20)21-17-11-6-12-18-21/h4-18,27H,1-3H3. The molecule has 13 heteroatoms. The fourth-order valence-electron chi connectivity index (χ4n) is 3.76. The van der Waals surface area contributed by atoms with Gasteiger partial charge < -0.3 is 0 Å². The van der Waals surface area contributed by atoms with E-state index in [1.165, 1.54) is 0 Å². The third-order valence-corrected chi connectivity index (χ3v) is 21.3. The van der Waals surface area contributed by atoms with Gasteiger partial charge in [0.2, 0.25) is 0 Å². The number of nitrogens with zero attached hydrogens (tertiary/aromatic N) is 4. The zero-order valence-corrected chi connectivity index (χ0v) is 25.9. The van der Waals surface area contributed by atoms with Crippen molar-refractivity contribution in [2.45, 2.75) is 26.3 Å². The van der Waals surface area contributed by atoms with E-state index >= 15 is 0 Å². The van der Waals surface area contributed by atoms with E-state index in [9.17, 15) is 0 Å². The zero-order chi connectivity index (χ0) is 25.4. The number of benzene rings is 3. The molecule has 1 aliphatic rings. The molecular weight excluding hydrogens is 600 g/mol. The van der Waals surface area contributed by atoms with Crippen LogP contribution in [0.5, 0.6) is 0 Å². The Labute approximate surface area is 226 Å². The predicted molar refractivity (Wildman–Crippen MR) is 162 cm³/mol. The van der Waals surface area contributed by atoms with E-state index in [-0.39, 0.29) is 0 Å². The summed E-state index contributed by atoms with van der Waals surface area (Å²) in [6.07, 6.45) is 0. The number of nitrogens with one attached hydrogen (secondary N) is 1. The highest BCUT2D eigenvalue weighted by molar-refractivity contribution is 8.21. The average Bonchev–Trinajstić information content (AvgIpc) is 2.76. The topological polar surface area (TPSA) is 61.5 Å². The van der Waals surface area contributed by atoms with E-state index in [0.29, 0.717) is 0 Å². The molecule has 0 saturated carbocycles. The quantitative estimate of drug-likeness (QED) is 0.282. The van der Waals surface area contributed by atoms with Crippen LogP contribution in [-0.2, 0) is 0 Å². The molecule has 0 fully saturated rings. The summed E-state index contributed by atoms with van der Waals surface area (Å²) in [5.41, 5.74) is -0.442. The Kier molecular flexibility index (Phi) is 8.28. The van der Waals surface area contributed by atoms with Gasteiger partial charge >= 0.3 is 0 Å². The van der Waals surface area contributed by atoms with E-state index in [1.807, 2.05) is 75.4 Å². The zero-order valence-electron chi connectivity index (χ0n) is 19.2. The number of hydrogen-bond donors (Lipinski definition) is 1. The van der Waals surface area contributed by atoms with Crippen LogP contribution in [0.4, 0.5) is 0 Å². The van der Waals surface area contributed by atoms with E-state index in [0.717, 1.165) is 15.9 Å². The Morgan fingerprint density at radius 3 is 1.34 bits per heavy atom. The van der Waals surface area contributed by atoms with Crippen LogP contribution in [0, 0.1) is 0 Å². The van der Waals surface area contributed by atoms with E-state index in [4.69, 9.17) is 58.5 Å². The van der Waals surface area contributed by atoms with E-state index < -0.39 is 31.9 Å². The molecular formula is C22H25Cl4N5P4. The molecule has 3 aromatic rings. The summed E-state index contributed by atoms with van der Waals surface area (Å²) < 4.78 is 19.5. The molecule has 1 heterocycles. The summed E-state index contributed by atoms with van der Waals surface area (Å²) in [6, 6.07) is 30.6. The van der Waals surface area contributed by atoms with Gasteiger partial charge in [0.1, 0.15) is 0 Å². The summed E-state index contributed by atoms with van der Waals surface area (Å²) in [6.45, 7) is 6.04. The fourth-order valence-corrected chi connectivity index (χ4v) is 24.6. The SMILES string of the molecule is CC(C)(C)NP1(N=P(c2ccccc2)(c2ccccc2)c2ccccc2)=NP(Cl)(Cl)=NP(Cl)(Cl)=N1. The Bertz CT molecular complexity index is 1320. The van der Waals surface area contributed by atoms with Crippen molar-refractivity contribution >= 4 is 87.3 Å². The van der Waals surface area contributed by atoms with Gasteiger partial charge in [0, 0.05) is 21.5 Å². The number of halogens is 4. The molecule has 1 atom stereocenters. The molecule has 3 aromatic carbocycles.